The van der Waals surface area contributed by atoms with Crippen molar-refractivity contribution in [3.05, 3.63) is 57.0 Å². The summed E-state index contributed by atoms with van der Waals surface area (Å²) in [6.45, 7) is 5.09. The maximum Gasteiger partial charge on any atom is 0.435 e. The molecule has 4 rings (SSSR count). The van der Waals surface area contributed by atoms with Crippen molar-refractivity contribution in [3.63, 3.8) is 0 Å². The average molecular weight is 420 g/mol. The number of alkyl halides is 3. The molecular formula is C18H15F3N6OS. The van der Waals surface area contributed by atoms with Crippen LogP contribution >= 0.6 is 11.3 Å². The van der Waals surface area contributed by atoms with Gasteiger partial charge in [0.05, 0.1) is 11.3 Å². The van der Waals surface area contributed by atoms with Crippen molar-refractivity contribution < 1.29 is 13.2 Å². The Labute approximate surface area is 166 Å². The summed E-state index contributed by atoms with van der Waals surface area (Å²) in [6.07, 6.45) is 0.298. The van der Waals surface area contributed by atoms with Crippen LogP contribution in [0.15, 0.2) is 29.6 Å². The van der Waals surface area contributed by atoms with E-state index in [9.17, 15) is 18.0 Å². The molecule has 4 heterocycles. The number of nitrogens with zero attached hydrogens (tertiary/aromatic N) is 6. The lowest BCUT2D eigenvalue weighted by Gasteiger charge is -2.09. The van der Waals surface area contributed by atoms with Gasteiger partial charge in [-0.25, -0.2) is 19.6 Å². The highest BCUT2D eigenvalue weighted by Crippen LogP contribution is 2.32. The van der Waals surface area contributed by atoms with E-state index < -0.39 is 11.9 Å². The van der Waals surface area contributed by atoms with Crippen LogP contribution in [0.25, 0.3) is 22.0 Å². The molecule has 0 saturated carbocycles. The van der Waals surface area contributed by atoms with E-state index in [1.54, 1.807) is 19.3 Å². The Bertz CT molecular complexity index is 1270. The smallest absolute Gasteiger partial charge is 0.268 e. The molecule has 29 heavy (non-hydrogen) atoms. The third kappa shape index (κ3) is 3.11. The molecule has 0 spiro atoms. The van der Waals surface area contributed by atoms with E-state index in [0.717, 1.165) is 15.6 Å². The third-order valence-corrected chi connectivity index (χ3v) is 5.48. The van der Waals surface area contributed by atoms with Gasteiger partial charge in [0.25, 0.3) is 5.56 Å². The molecule has 0 aliphatic carbocycles. The van der Waals surface area contributed by atoms with Gasteiger partial charge in [0.15, 0.2) is 16.5 Å². The van der Waals surface area contributed by atoms with Crippen LogP contribution in [-0.2, 0) is 12.6 Å². The van der Waals surface area contributed by atoms with Gasteiger partial charge in [-0.15, -0.1) is 11.3 Å². The Kier molecular flexibility index (Phi) is 4.49. The molecule has 7 nitrogen and oxygen atoms in total. The lowest BCUT2D eigenvalue weighted by atomic mass is 10.2. The Morgan fingerprint density at radius 2 is 1.86 bits per heavy atom. The number of halogens is 3. The Balaban J connectivity index is 2.00. The minimum absolute atomic E-state index is 0.0967. The molecule has 0 unspecified atom stereocenters. The van der Waals surface area contributed by atoms with Gasteiger partial charge >= 0.3 is 6.18 Å². The molecule has 0 atom stereocenters. The van der Waals surface area contributed by atoms with E-state index in [1.165, 1.54) is 29.0 Å². The molecule has 11 heteroatoms. The molecule has 0 aromatic carbocycles. The molecule has 4 aromatic rings. The van der Waals surface area contributed by atoms with Gasteiger partial charge in [-0.3, -0.25) is 9.20 Å². The van der Waals surface area contributed by atoms with Gasteiger partial charge in [-0.2, -0.15) is 18.3 Å². The minimum Gasteiger partial charge on any atom is -0.268 e. The monoisotopic (exact) mass is 420 g/mol. The zero-order valence-corrected chi connectivity index (χ0v) is 16.5. The van der Waals surface area contributed by atoms with E-state index in [2.05, 4.69) is 20.1 Å². The first-order chi connectivity index (χ1) is 13.7. The highest BCUT2D eigenvalue weighted by molar-refractivity contribution is 7.17. The van der Waals surface area contributed by atoms with Crippen molar-refractivity contribution in [2.45, 2.75) is 33.4 Å². The van der Waals surface area contributed by atoms with Crippen LogP contribution in [0.1, 0.15) is 28.8 Å². The molecule has 0 aliphatic rings. The van der Waals surface area contributed by atoms with Gasteiger partial charge in [-0.1, -0.05) is 6.92 Å². The van der Waals surface area contributed by atoms with E-state index in [-0.39, 0.29) is 16.9 Å². The first kappa shape index (κ1) is 19.2. The number of fused-ring (bicyclic) bond motifs is 1. The van der Waals surface area contributed by atoms with Crippen LogP contribution < -0.4 is 5.56 Å². The summed E-state index contributed by atoms with van der Waals surface area (Å²) in [7, 11) is 0. The number of aryl methyl sites for hydroxylation is 2. The Hall–Kier alpha value is -3.08. The van der Waals surface area contributed by atoms with Crippen molar-refractivity contribution in [2.24, 2.45) is 0 Å². The predicted octanol–water partition coefficient (Wildman–Crippen LogP) is 3.60. The summed E-state index contributed by atoms with van der Waals surface area (Å²) in [5.41, 5.74) is 0.399. The van der Waals surface area contributed by atoms with Gasteiger partial charge in [0.2, 0.25) is 0 Å². The molecule has 4 aromatic heterocycles. The summed E-state index contributed by atoms with van der Waals surface area (Å²) >= 11 is 1.26. The highest BCUT2D eigenvalue weighted by Gasteiger charge is 2.35. The predicted molar refractivity (Wildman–Crippen MR) is 101 cm³/mol. The van der Waals surface area contributed by atoms with Crippen molar-refractivity contribution in [1.29, 1.82) is 0 Å². The lowest BCUT2D eigenvalue weighted by molar-refractivity contribution is -0.141. The van der Waals surface area contributed by atoms with Crippen molar-refractivity contribution in [2.75, 3.05) is 0 Å². The second-order valence-electron chi connectivity index (χ2n) is 6.40. The first-order valence-electron chi connectivity index (χ1n) is 8.67. The molecule has 0 radical (unpaired) electrons. The van der Waals surface area contributed by atoms with Crippen LogP contribution in [0, 0.1) is 13.8 Å². The summed E-state index contributed by atoms with van der Waals surface area (Å²) in [5, 5.41) is 3.68. The van der Waals surface area contributed by atoms with Crippen molar-refractivity contribution >= 4 is 16.3 Å². The summed E-state index contributed by atoms with van der Waals surface area (Å²) in [5.74, 6) is 0.0967. The maximum atomic E-state index is 13.2. The number of thiazole rings is 1. The molecule has 0 amide bonds. The van der Waals surface area contributed by atoms with Gasteiger partial charge in [0, 0.05) is 28.5 Å². The lowest BCUT2D eigenvalue weighted by Crippen LogP contribution is -2.22. The number of hydrogen-bond acceptors (Lipinski definition) is 6. The van der Waals surface area contributed by atoms with Crippen LogP contribution in [0.2, 0.25) is 0 Å². The van der Waals surface area contributed by atoms with Gasteiger partial charge < -0.3 is 0 Å². The molecule has 0 bridgehead atoms. The standard InChI is InChI=1S/C18H15F3N6OS/c1-4-12-5-13(18(19,20)21)25-27(12)15-9(2)16(28)26-14(10(3)29-17(26)24-15)11-6-22-8-23-7-11/h5-8H,4H2,1-3H3. The van der Waals surface area contributed by atoms with Crippen LogP contribution in [0.5, 0.6) is 0 Å². The molecular weight excluding hydrogens is 405 g/mol. The van der Waals surface area contributed by atoms with E-state index >= 15 is 0 Å². The van der Waals surface area contributed by atoms with Gasteiger partial charge in [0.1, 0.15) is 6.33 Å². The van der Waals surface area contributed by atoms with E-state index in [4.69, 9.17) is 0 Å². The number of hydrogen-bond donors (Lipinski definition) is 0. The van der Waals surface area contributed by atoms with Gasteiger partial charge in [-0.05, 0) is 26.3 Å². The summed E-state index contributed by atoms with van der Waals surface area (Å²) < 4.78 is 42.0. The van der Waals surface area contributed by atoms with Crippen LogP contribution in [-0.4, -0.2) is 29.1 Å². The van der Waals surface area contributed by atoms with E-state index in [1.807, 2.05) is 6.92 Å². The molecule has 150 valence electrons. The molecule has 0 aliphatic heterocycles. The fraction of sp³-hybridized carbons (Fsp3) is 0.278. The fourth-order valence-corrected chi connectivity index (χ4v) is 4.11. The number of rotatable bonds is 3. The molecule has 0 fully saturated rings. The van der Waals surface area contributed by atoms with Crippen LogP contribution in [0.4, 0.5) is 13.2 Å². The first-order valence-corrected chi connectivity index (χ1v) is 9.48. The van der Waals surface area contributed by atoms with Crippen LogP contribution in [0.3, 0.4) is 0 Å². The second-order valence-corrected chi connectivity index (χ2v) is 7.58. The number of aromatic nitrogens is 6. The topological polar surface area (TPSA) is 78.0 Å². The third-order valence-electron chi connectivity index (χ3n) is 4.52. The van der Waals surface area contributed by atoms with E-state index in [0.29, 0.717) is 28.3 Å². The fourth-order valence-electron chi connectivity index (χ4n) is 3.14. The second kappa shape index (κ2) is 6.76. The largest absolute Gasteiger partial charge is 0.435 e. The summed E-state index contributed by atoms with van der Waals surface area (Å²) in [4.78, 5) is 26.8. The zero-order chi connectivity index (χ0) is 20.9. The minimum atomic E-state index is -4.58. The quantitative estimate of drug-likeness (QED) is 0.506. The summed E-state index contributed by atoms with van der Waals surface area (Å²) in [6, 6.07) is 0.981. The maximum absolute atomic E-state index is 13.2. The molecule has 0 N–H and O–H groups in total. The molecule has 0 saturated heterocycles. The SMILES string of the molecule is CCc1cc(C(F)(F)F)nn1-c1nc2sc(C)c(-c3cncnc3)n2c(=O)c1C. The average Bonchev–Trinajstić information content (AvgIpc) is 3.26. The normalized spacial score (nSPS) is 12.1. The highest BCUT2D eigenvalue weighted by atomic mass is 32.1. The Morgan fingerprint density at radius 3 is 2.48 bits per heavy atom. The Morgan fingerprint density at radius 1 is 1.17 bits per heavy atom. The van der Waals surface area contributed by atoms with Crippen molar-refractivity contribution in [1.82, 2.24) is 29.1 Å². The zero-order valence-electron chi connectivity index (χ0n) is 15.7. The van der Waals surface area contributed by atoms with Crippen molar-refractivity contribution in [3.8, 4) is 17.1 Å².